The molecule has 0 unspecified atom stereocenters. The lowest BCUT2D eigenvalue weighted by Crippen LogP contribution is -2.31. The molecular weight excluding hydrogens is 268 g/mol. The van der Waals surface area contributed by atoms with E-state index in [2.05, 4.69) is 37.2 Å². The van der Waals surface area contributed by atoms with Gasteiger partial charge in [-0.15, -0.1) is 11.8 Å². The highest BCUT2D eigenvalue weighted by Crippen LogP contribution is 2.27. The second-order valence-corrected chi connectivity index (χ2v) is 7.08. The maximum atomic E-state index is 8.73. The van der Waals surface area contributed by atoms with Crippen LogP contribution in [0.3, 0.4) is 0 Å². The van der Waals surface area contributed by atoms with Crippen molar-refractivity contribution >= 4 is 17.6 Å². The smallest absolute Gasteiger partial charge is 0.144 e. The van der Waals surface area contributed by atoms with Crippen LogP contribution in [0.2, 0.25) is 0 Å². The number of benzene rings is 1. The van der Waals surface area contributed by atoms with E-state index in [9.17, 15) is 0 Å². The Morgan fingerprint density at radius 2 is 2.00 bits per heavy atom. The number of thioether (sulfide) groups is 1. The standard InChI is InChI=1S/C16H26N2OS/c1-12-7-8-14(13(2)11-12)20-10-6-5-9-16(3,4)15(17)18-19/h7-8,11,19H,5-6,9-10H2,1-4H3,(H2,17,18). The van der Waals surface area contributed by atoms with Crippen LogP contribution in [-0.2, 0) is 0 Å². The van der Waals surface area contributed by atoms with Crippen LogP contribution in [0, 0.1) is 19.3 Å². The normalized spacial score (nSPS) is 12.7. The molecule has 1 aromatic rings. The highest BCUT2D eigenvalue weighted by Gasteiger charge is 2.22. The van der Waals surface area contributed by atoms with Crippen LogP contribution in [0.4, 0.5) is 0 Å². The Bertz CT molecular complexity index is 470. The third-order valence-electron chi connectivity index (χ3n) is 3.59. The van der Waals surface area contributed by atoms with Crippen molar-refractivity contribution in [3.8, 4) is 0 Å². The molecule has 20 heavy (non-hydrogen) atoms. The maximum absolute atomic E-state index is 8.73. The Labute approximate surface area is 126 Å². The van der Waals surface area contributed by atoms with Crippen molar-refractivity contribution in [1.29, 1.82) is 0 Å². The summed E-state index contributed by atoms with van der Waals surface area (Å²) in [5.74, 6) is 1.43. The van der Waals surface area contributed by atoms with Crippen molar-refractivity contribution in [1.82, 2.24) is 0 Å². The summed E-state index contributed by atoms with van der Waals surface area (Å²) in [4.78, 5) is 1.37. The van der Waals surface area contributed by atoms with E-state index in [0.717, 1.165) is 25.0 Å². The van der Waals surface area contributed by atoms with Crippen molar-refractivity contribution in [2.75, 3.05) is 5.75 Å². The Kier molecular flexibility index (Phi) is 6.40. The van der Waals surface area contributed by atoms with Gasteiger partial charge in [0, 0.05) is 10.3 Å². The largest absolute Gasteiger partial charge is 0.409 e. The quantitative estimate of drug-likeness (QED) is 0.196. The van der Waals surface area contributed by atoms with E-state index < -0.39 is 0 Å². The number of aryl methyl sites for hydroxylation is 2. The Morgan fingerprint density at radius 3 is 2.60 bits per heavy atom. The fourth-order valence-corrected chi connectivity index (χ4v) is 3.10. The average molecular weight is 294 g/mol. The summed E-state index contributed by atoms with van der Waals surface area (Å²) in [6.07, 6.45) is 3.16. The first-order valence-electron chi connectivity index (χ1n) is 7.05. The highest BCUT2D eigenvalue weighted by molar-refractivity contribution is 7.99. The molecule has 1 aromatic carbocycles. The van der Waals surface area contributed by atoms with Gasteiger partial charge >= 0.3 is 0 Å². The van der Waals surface area contributed by atoms with Gasteiger partial charge < -0.3 is 10.9 Å². The molecule has 0 atom stereocenters. The summed E-state index contributed by atoms with van der Waals surface area (Å²) >= 11 is 1.91. The predicted molar refractivity (Wildman–Crippen MR) is 87.7 cm³/mol. The first-order valence-corrected chi connectivity index (χ1v) is 8.03. The van der Waals surface area contributed by atoms with Crippen LogP contribution in [0.1, 0.15) is 44.2 Å². The molecule has 112 valence electrons. The van der Waals surface area contributed by atoms with Gasteiger partial charge in [0.1, 0.15) is 5.84 Å². The Hall–Kier alpha value is -1.16. The van der Waals surface area contributed by atoms with Crippen LogP contribution < -0.4 is 5.73 Å². The molecule has 0 aliphatic carbocycles. The fourth-order valence-electron chi connectivity index (χ4n) is 2.08. The second-order valence-electron chi connectivity index (χ2n) is 5.94. The molecule has 0 radical (unpaired) electrons. The van der Waals surface area contributed by atoms with Gasteiger partial charge in [-0.1, -0.05) is 43.1 Å². The molecule has 0 aliphatic heterocycles. The number of rotatable bonds is 7. The van der Waals surface area contributed by atoms with Crippen LogP contribution >= 0.6 is 11.8 Å². The van der Waals surface area contributed by atoms with Crippen molar-refractivity contribution < 1.29 is 5.21 Å². The van der Waals surface area contributed by atoms with Crippen LogP contribution in [-0.4, -0.2) is 16.8 Å². The molecule has 0 bridgehead atoms. The van der Waals surface area contributed by atoms with Gasteiger partial charge in [-0.2, -0.15) is 0 Å². The zero-order chi connectivity index (χ0) is 15.2. The fraction of sp³-hybridized carbons (Fsp3) is 0.562. The van der Waals surface area contributed by atoms with Gasteiger partial charge in [-0.25, -0.2) is 0 Å². The predicted octanol–water partition coefficient (Wildman–Crippen LogP) is 4.34. The SMILES string of the molecule is Cc1ccc(SCCCCC(C)(C)/C(N)=N/O)c(C)c1. The summed E-state index contributed by atoms with van der Waals surface area (Å²) in [6.45, 7) is 8.31. The van der Waals surface area contributed by atoms with E-state index in [1.165, 1.54) is 16.0 Å². The minimum absolute atomic E-state index is 0.223. The van der Waals surface area contributed by atoms with Crippen molar-refractivity contribution in [3.05, 3.63) is 29.3 Å². The topological polar surface area (TPSA) is 58.6 Å². The van der Waals surface area contributed by atoms with E-state index in [4.69, 9.17) is 10.9 Å². The van der Waals surface area contributed by atoms with Gasteiger partial charge in [0.25, 0.3) is 0 Å². The Morgan fingerprint density at radius 1 is 1.30 bits per heavy atom. The summed E-state index contributed by atoms with van der Waals surface area (Å²) in [5, 5.41) is 11.8. The number of hydrogen-bond donors (Lipinski definition) is 2. The van der Waals surface area contributed by atoms with E-state index in [-0.39, 0.29) is 5.41 Å². The maximum Gasteiger partial charge on any atom is 0.144 e. The molecule has 0 spiro atoms. The summed E-state index contributed by atoms with van der Waals surface area (Å²) < 4.78 is 0. The zero-order valence-electron chi connectivity index (χ0n) is 12.9. The first kappa shape index (κ1) is 16.9. The number of nitrogens with two attached hydrogens (primary N) is 1. The third kappa shape index (κ3) is 5.08. The monoisotopic (exact) mass is 294 g/mol. The summed E-state index contributed by atoms with van der Waals surface area (Å²) in [6, 6.07) is 6.59. The van der Waals surface area contributed by atoms with E-state index >= 15 is 0 Å². The molecular formula is C16H26N2OS. The molecule has 0 aliphatic rings. The van der Waals surface area contributed by atoms with Crippen LogP contribution in [0.5, 0.6) is 0 Å². The lowest BCUT2D eigenvalue weighted by Gasteiger charge is -2.22. The number of amidine groups is 1. The van der Waals surface area contributed by atoms with Crippen molar-refractivity contribution in [3.63, 3.8) is 0 Å². The molecule has 0 saturated carbocycles. The molecule has 0 aromatic heterocycles. The van der Waals surface area contributed by atoms with E-state index in [1.807, 2.05) is 25.6 Å². The third-order valence-corrected chi connectivity index (χ3v) is 4.85. The summed E-state index contributed by atoms with van der Waals surface area (Å²) in [5.41, 5.74) is 8.13. The molecule has 3 N–H and O–H groups in total. The first-order chi connectivity index (χ1) is 9.36. The van der Waals surface area contributed by atoms with Crippen molar-refractivity contribution in [2.24, 2.45) is 16.3 Å². The van der Waals surface area contributed by atoms with Gasteiger partial charge in [0.05, 0.1) is 0 Å². The number of hydrogen-bond acceptors (Lipinski definition) is 3. The van der Waals surface area contributed by atoms with E-state index in [0.29, 0.717) is 5.84 Å². The highest BCUT2D eigenvalue weighted by atomic mass is 32.2. The summed E-state index contributed by atoms with van der Waals surface area (Å²) in [7, 11) is 0. The number of unbranched alkanes of at least 4 members (excludes halogenated alkanes) is 1. The molecule has 0 amide bonds. The zero-order valence-corrected chi connectivity index (χ0v) is 13.8. The van der Waals surface area contributed by atoms with Gasteiger partial charge in [-0.3, -0.25) is 0 Å². The van der Waals surface area contributed by atoms with Crippen molar-refractivity contribution in [2.45, 2.75) is 51.9 Å². The van der Waals surface area contributed by atoms with Gasteiger partial charge in [0.15, 0.2) is 0 Å². The van der Waals surface area contributed by atoms with Gasteiger partial charge in [-0.05, 0) is 44.1 Å². The number of nitrogens with zero attached hydrogens (tertiary/aromatic N) is 1. The lowest BCUT2D eigenvalue weighted by atomic mass is 9.86. The molecule has 1 rings (SSSR count). The van der Waals surface area contributed by atoms with Crippen LogP contribution in [0.15, 0.2) is 28.3 Å². The lowest BCUT2D eigenvalue weighted by molar-refractivity contribution is 0.304. The molecule has 0 heterocycles. The minimum atomic E-state index is -0.223. The molecule has 0 fully saturated rings. The van der Waals surface area contributed by atoms with Gasteiger partial charge in [0.2, 0.25) is 0 Å². The Balaban J connectivity index is 2.32. The minimum Gasteiger partial charge on any atom is -0.409 e. The second kappa shape index (κ2) is 7.58. The average Bonchev–Trinajstić information content (AvgIpc) is 2.39. The molecule has 3 nitrogen and oxygen atoms in total. The number of oxime groups is 1. The molecule has 0 saturated heterocycles. The van der Waals surface area contributed by atoms with E-state index in [1.54, 1.807) is 0 Å². The molecule has 4 heteroatoms. The van der Waals surface area contributed by atoms with Crippen LogP contribution in [0.25, 0.3) is 0 Å².